The number of rotatable bonds is 4. The van der Waals surface area contributed by atoms with Crippen LogP contribution in [0.15, 0.2) is 42.5 Å². The molecule has 5 nitrogen and oxygen atoms in total. The van der Waals surface area contributed by atoms with Gasteiger partial charge in [-0.25, -0.2) is 0 Å². The molecule has 0 saturated carbocycles. The summed E-state index contributed by atoms with van der Waals surface area (Å²) >= 11 is 0. The highest BCUT2D eigenvalue weighted by molar-refractivity contribution is 5.88. The lowest BCUT2D eigenvalue weighted by atomic mass is 9.81. The lowest BCUT2D eigenvalue weighted by Gasteiger charge is -2.34. The van der Waals surface area contributed by atoms with Gasteiger partial charge in [-0.05, 0) is 18.4 Å². The Labute approximate surface area is 142 Å². The average molecular weight is 328 g/mol. The molecule has 1 aromatic carbocycles. The van der Waals surface area contributed by atoms with Gasteiger partial charge in [0.1, 0.15) is 0 Å². The number of nitrogens with zero attached hydrogens (tertiary/aromatic N) is 1. The highest BCUT2D eigenvalue weighted by atomic mass is 16.5. The smallest absolute Gasteiger partial charge is 0.226 e. The summed E-state index contributed by atoms with van der Waals surface area (Å²) < 4.78 is 5.31. The minimum atomic E-state index is -0.283. The molecule has 1 heterocycles. The van der Waals surface area contributed by atoms with Crippen LogP contribution in [-0.4, -0.2) is 43.0 Å². The van der Waals surface area contributed by atoms with Gasteiger partial charge < -0.3 is 15.0 Å². The number of carbonyl (C=O) groups is 2. The second-order valence-electron chi connectivity index (χ2n) is 6.30. The van der Waals surface area contributed by atoms with Crippen molar-refractivity contribution >= 4 is 11.8 Å². The molecule has 2 atom stereocenters. The monoisotopic (exact) mass is 328 g/mol. The molecule has 0 radical (unpaired) electrons. The zero-order chi connectivity index (χ0) is 16.8. The van der Waals surface area contributed by atoms with Gasteiger partial charge in [0.25, 0.3) is 0 Å². The minimum Gasteiger partial charge on any atom is -0.378 e. The van der Waals surface area contributed by atoms with Crippen LogP contribution in [0.5, 0.6) is 0 Å². The number of benzene rings is 1. The van der Waals surface area contributed by atoms with Crippen LogP contribution in [0.3, 0.4) is 0 Å². The molecule has 1 fully saturated rings. The molecular weight excluding hydrogens is 304 g/mol. The highest BCUT2D eigenvalue weighted by Gasteiger charge is 2.36. The van der Waals surface area contributed by atoms with Gasteiger partial charge in [0.05, 0.1) is 25.0 Å². The molecule has 3 rings (SSSR count). The number of hydrogen-bond acceptors (Lipinski definition) is 3. The number of carbonyl (C=O) groups excluding carboxylic acids is 2. The average Bonchev–Trinajstić information content (AvgIpc) is 2.67. The van der Waals surface area contributed by atoms with E-state index in [0.717, 1.165) is 5.56 Å². The fraction of sp³-hybridized carbons (Fsp3) is 0.474. The number of morpholine rings is 1. The number of ether oxygens (including phenoxy) is 1. The molecule has 0 bridgehead atoms. The van der Waals surface area contributed by atoms with E-state index in [2.05, 4.69) is 5.32 Å². The SMILES string of the molecule is O=C(NCc1ccccc1)C1CC=CCC1C(=O)N1CCOCC1. The van der Waals surface area contributed by atoms with E-state index >= 15 is 0 Å². The van der Waals surface area contributed by atoms with E-state index in [9.17, 15) is 9.59 Å². The molecule has 2 aliphatic rings. The van der Waals surface area contributed by atoms with Crippen LogP contribution in [0.4, 0.5) is 0 Å². The quantitative estimate of drug-likeness (QED) is 0.857. The fourth-order valence-corrected chi connectivity index (χ4v) is 3.31. The third kappa shape index (κ3) is 4.03. The summed E-state index contributed by atoms with van der Waals surface area (Å²) in [5.74, 6) is -0.491. The van der Waals surface area contributed by atoms with Crippen molar-refractivity contribution in [3.8, 4) is 0 Å². The molecule has 2 amide bonds. The van der Waals surface area contributed by atoms with Gasteiger partial charge in [0, 0.05) is 19.6 Å². The Kier molecular flexibility index (Phi) is 5.64. The van der Waals surface area contributed by atoms with E-state index in [1.165, 1.54) is 0 Å². The standard InChI is InChI=1S/C19H24N2O3/c22-18(20-14-15-6-2-1-3-7-15)16-8-4-5-9-17(16)19(23)21-10-12-24-13-11-21/h1-7,16-17H,8-14H2,(H,20,22). The van der Waals surface area contributed by atoms with E-state index in [1.54, 1.807) is 0 Å². The maximum absolute atomic E-state index is 12.8. The molecule has 1 aliphatic carbocycles. The first-order chi connectivity index (χ1) is 11.8. The molecule has 1 aromatic rings. The number of allylic oxidation sites excluding steroid dienone is 2. The fourth-order valence-electron chi connectivity index (χ4n) is 3.31. The Hall–Kier alpha value is -2.14. The molecule has 5 heteroatoms. The predicted molar refractivity (Wildman–Crippen MR) is 91.0 cm³/mol. The molecule has 0 aromatic heterocycles. The first kappa shape index (κ1) is 16.7. The van der Waals surface area contributed by atoms with Gasteiger partial charge in [-0.1, -0.05) is 42.5 Å². The van der Waals surface area contributed by atoms with Crippen LogP contribution in [0, 0.1) is 11.8 Å². The second kappa shape index (κ2) is 8.11. The molecular formula is C19H24N2O3. The summed E-state index contributed by atoms with van der Waals surface area (Å²) in [5, 5.41) is 2.99. The maximum atomic E-state index is 12.8. The van der Waals surface area contributed by atoms with Crippen LogP contribution in [0.1, 0.15) is 18.4 Å². The van der Waals surface area contributed by atoms with Crippen molar-refractivity contribution in [1.82, 2.24) is 10.2 Å². The summed E-state index contributed by atoms with van der Waals surface area (Å²) in [4.78, 5) is 27.3. The summed E-state index contributed by atoms with van der Waals surface area (Å²) in [6.45, 7) is 2.91. The van der Waals surface area contributed by atoms with Crippen molar-refractivity contribution < 1.29 is 14.3 Å². The Balaban J connectivity index is 1.62. The van der Waals surface area contributed by atoms with E-state index in [4.69, 9.17) is 4.74 Å². The van der Waals surface area contributed by atoms with Gasteiger partial charge >= 0.3 is 0 Å². The topological polar surface area (TPSA) is 58.6 Å². The van der Waals surface area contributed by atoms with Crippen LogP contribution < -0.4 is 5.32 Å². The van der Waals surface area contributed by atoms with Crippen molar-refractivity contribution in [2.45, 2.75) is 19.4 Å². The predicted octanol–water partition coefficient (Wildman–Crippen LogP) is 1.74. The number of hydrogen-bond donors (Lipinski definition) is 1. The largest absolute Gasteiger partial charge is 0.378 e. The Morgan fingerprint density at radius 1 is 1.04 bits per heavy atom. The molecule has 0 spiro atoms. The lowest BCUT2D eigenvalue weighted by Crippen LogP contribution is -2.48. The first-order valence-corrected chi connectivity index (χ1v) is 8.59. The third-order valence-electron chi connectivity index (χ3n) is 4.72. The third-order valence-corrected chi connectivity index (χ3v) is 4.72. The molecule has 2 unspecified atom stereocenters. The summed E-state index contributed by atoms with van der Waals surface area (Å²) in [5.41, 5.74) is 1.06. The zero-order valence-electron chi connectivity index (χ0n) is 13.8. The molecule has 128 valence electrons. The first-order valence-electron chi connectivity index (χ1n) is 8.59. The normalized spacial score (nSPS) is 23.8. The van der Waals surface area contributed by atoms with E-state index in [1.807, 2.05) is 47.4 Å². The Bertz CT molecular complexity index is 594. The van der Waals surface area contributed by atoms with Gasteiger partial charge in [0.15, 0.2) is 0 Å². The van der Waals surface area contributed by atoms with E-state index in [0.29, 0.717) is 45.7 Å². The number of nitrogens with one attached hydrogen (secondary N) is 1. The molecule has 24 heavy (non-hydrogen) atoms. The van der Waals surface area contributed by atoms with E-state index in [-0.39, 0.29) is 23.7 Å². The van der Waals surface area contributed by atoms with Crippen molar-refractivity contribution in [3.63, 3.8) is 0 Å². The summed E-state index contributed by atoms with van der Waals surface area (Å²) in [6, 6.07) is 9.83. The molecule has 1 aliphatic heterocycles. The van der Waals surface area contributed by atoms with Gasteiger partial charge in [0.2, 0.25) is 11.8 Å². The minimum absolute atomic E-state index is 0.0326. The highest BCUT2D eigenvalue weighted by Crippen LogP contribution is 2.28. The van der Waals surface area contributed by atoms with Crippen molar-refractivity contribution in [1.29, 1.82) is 0 Å². The van der Waals surface area contributed by atoms with Crippen LogP contribution in [0.25, 0.3) is 0 Å². The van der Waals surface area contributed by atoms with Gasteiger partial charge in [-0.3, -0.25) is 9.59 Å². The lowest BCUT2D eigenvalue weighted by molar-refractivity contribution is -0.145. The Morgan fingerprint density at radius 2 is 1.71 bits per heavy atom. The second-order valence-corrected chi connectivity index (χ2v) is 6.30. The summed E-state index contributed by atoms with van der Waals surface area (Å²) in [7, 11) is 0. The maximum Gasteiger partial charge on any atom is 0.226 e. The van der Waals surface area contributed by atoms with Crippen LogP contribution in [-0.2, 0) is 20.9 Å². The van der Waals surface area contributed by atoms with E-state index < -0.39 is 0 Å². The van der Waals surface area contributed by atoms with Crippen molar-refractivity contribution in [2.24, 2.45) is 11.8 Å². The number of amides is 2. The molecule has 1 saturated heterocycles. The zero-order valence-corrected chi connectivity index (χ0v) is 13.8. The van der Waals surface area contributed by atoms with Crippen molar-refractivity contribution in [2.75, 3.05) is 26.3 Å². The van der Waals surface area contributed by atoms with Gasteiger partial charge in [-0.2, -0.15) is 0 Å². The molecule has 1 N–H and O–H groups in total. The van der Waals surface area contributed by atoms with Crippen LogP contribution >= 0.6 is 0 Å². The van der Waals surface area contributed by atoms with Crippen molar-refractivity contribution in [3.05, 3.63) is 48.0 Å². The van der Waals surface area contributed by atoms with Gasteiger partial charge in [-0.15, -0.1) is 0 Å². The summed E-state index contributed by atoms with van der Waals surface area (Å²) in [6.07, 6.45) is 5.29. The Morgan fingerprint density at radius 3 is 2.42 bits per heavy atom. The van der Waals surface area contributed by atoms with Crippen LogP contribution in [0.2, 0.25) is 0 Å².